The van der Waals surface area contributed by atoms with Crippen molar-refractivity contribution in [2.24, 2.45) is 7.05 Å². The minimum atomic E-state index is -0.175. The number of ether oxygens (including phenoxy) is 2. The molecule has 0 saturated carbocycles. The molecule has 1 aromatic carbocycles. The summed E-state index contributed by atoms with van der Waals surface area (Å²) in [5.41, 5.74) is 2.31. The van der Waals surface area contributed by atoms with Gasteiger partial charge in [0.05, 0.1) is 5.69 Å². The fourth-order valence-electron chi connectivity index (χ4n) is 2.52. The molecule has 0 spiro atoms. The van der Waals surface area contributed by atoms with Gasteiger partial charge in [-0.2, -0.15) is 0 Å². The van der Waals surface area contributed by atoms with Gasteiger partial charge in [0.1, 0.15) is 18.9 Å². The maximum atomic E-state index is 12.2. The second-order valence-electron chi connectivity index (χ2n) is 5.35. The Morgan fingerprint density at radius 2 is 2.08 bits per heavy atom. The molecule has 3 aromatic rings. The van der Waals surface area contributed by atoms with E-state index >= 15 is 0 Å². The molecule has 1 aliphatic rings. The maximum absolute atomic E-state index is 12.2. The van der Waals surface area contributed by atoms with Crippen LogP contribution >= 0.6 is 11.3 Å². The third-order valence-corrected chi connectivity index (χ3v) is 4.50. The van der Waals surface area contributed by atoms with Crippen molar-refractivity contribution in [3.63, 3.8) is 0 Å². The monoisotopic (exact) mass is 341 g/mol. The lowest BCUT2D eigenvalue weighted by molar-refractivity contribution is 0.101. The molecule has 0 unspecified atom stereocenters. The summed E-state index contributed by atoms with van der Waals surface area (Å²) in [4.78, 5) is 16.7. The second-order valence-corrected chi connectivity index (χ2v) is 6.21. The Bertz CT molecular complexity index is 900. The van der Waals surface area contributed by atoms with Crippen molar-refractivity contribution in [2.75, 3.05) is 18.5 Å². The van der Waals surface area contributed by atoms with Gasteiger partial charge >= 0.3 is 0 Å². The van der Waals surface area contributed by atoms with Crippen molar-refractivity contribution in [2.45, 2.75) is 0 Å². The number of anilines is 1. The number of nitrogens with one attached hydrogen (secondary N) is 1. The van der Waals surface area contributed by atoms with E-state index in [1.807, 2.05) is 42.9 Å². The number of hydrogen-bond donors (Lipinski definition) is 1. The van der Waals surface area contributed by atoms with E-state index in [9.17, 15) is 4.79 Å². The molecule has 1 aliphatic heterocycles. The molecular weight excluding hydrogens is 326 g/mol. The standard InChI is InChI=1S/C17H15N3O3S/c1-20-6-2-3-13(20)16(21)19-17-18-12(10-24-17)11-4-5-14-15(9-11)23-8-7-22-14/h2-6,9-10H,7-8H2,1H3,(H,18,19,21). The van der Waals surface area contributed by atoms with Crippen molar-refractivity contribution in [1.29, 1.82) is 0 Å². The molecule has 6 nitrogen and oxygen atoms in total. The predicted octanol–water partition coefficient (Wildman–Crippen LogP) is 3.17. The molecule has 0 bridgehead atoms. The molecule has 7 heteroatoms. The van der Waals surface area contributed by atoms with E-state index in [1.54, 1.807) is 10.6 Å². The summed E-state index contributed by atoms with van der Waals surface area (Å²) in [6.07, 6.45) is 1.83. The van der Waals surface area contributed by atoms with Crippen molar-refractivity contribution in [1.82, 2.24) is 9.55 Å². The summed E-state index contributed by atoms with van der Waals surface area (Å²) in [6, 6.07) is 9.32. The smallest absolute Gasteiger partial charge is 0.274 e. The third-order valence-electron chi connectivity index (χ3n) is 3.74. The van der Waals surface area contributed by atoms with Crippen LogP contribution in [0, 0.1) is 0 Å². The minimum Gasteiger partial charge on any atom is -0.486 e. The largest absolute Gasteiger partial charge is 0.486 e. The van der Waals surface area contributed by atoms with Gasteiger partial charge in [0.2, 0.25) is 0 Å². The van der Waals surface area contributed by atoms with Crippen LogP contribution in [0.15, 0.2) is 41.9 Å². The van der Waals surface area contributed by atoms with E-state index in [0.717, 1.165) is 22.8 Å². The summed E-state index contributed by atoms with van der Waals surface area (Å²) in [7, 11) is 1.83. The number of aryl methyl sites for hydroxylation is 1. The van der Waals surface area contributed by atoms with Crippen molar-refractivity contribution < 1.29 is 14.3 Å². The van der Waals surface area contributed by atoms with Gasteiger partial charge in [-0.1, -0.05) is 0 Å². The fraction of sp³-hybridized carbons (Fsp3) is 0.176. The Hall–Kier alpha value is -2.80. The number of benzene rings is 1. The van der Waals surface area contributed by atoms with Crippen LogP contribution in [-0.4, -0.2) is 28.7 Å². The molecule has 0 saturated heterocycles. The van der Waals surface area contributed by atoms with Crippen LogP contribution in [0.1, 0.15) is 10.5 Å². The summed E-state index contributed by atoms with van der Waals surface area (Å²) in [5, 5.41) is 5.30. The molecule has 0 radical (unpaired) electrons. The van der Waals surface area contributed by atoms with Gasteiger partial charge in [-0.3, -0.25) is 10.1 Å². The lowest BCUT2D eigenvalue weighted by Crippen LogP contribution is -2.15. The topological polar surface area (TPSA) is 65.4 Å². The molecule has 2 aromatic heterocycles. The highest BCUT2D eigenvalue weighted by Crippen LogP contribution is 2.35. The highest BCUT2D eigenvalue weighted by atomic mass is 32.1. The first kappa shape index (κ1) is 14.8. The summed E-state index contributed by atoms with van der Waals surface area (Å²) >= 11 is 1.39. The highest BCUT2D eigenvalue weighted by Gasteiger charge is 2.15. The number of carbonyl (C=O) groups excluding carboxylic acids is 1. The Morgan fingerprint density at radius 3 is 2.88 bits per heavy atom. The van der Waals surface area contributed by atoms with E-state index in [2.05, 4.69) is 10.3 Å². The maximum Gasteiger partial charge on any atom is 0.274 e. The number of rotatable bonds is 3. The summed E-state index contributed by atoms with van der Waals surface area (Å²) in [5.74, 6) is 1.30. The van der Waals surface area contributed by atoms with E-state index in [1.165, 1.54) is 11.3 Å². The highest BCUT2D eigenvalue weighted by molar-refractivity contribution is 7.14. The predicted molar refractivity (Wildman–Crippen MR) is 91.9 cm³/mol. The number of nitrogens with zero attached hydrogens (tertiary/aromatic N) is 2. The van der Waals surface area contributed by atoms with E-state index < -0.39 is 0 Å². The molecule has 0 aliphatic carbocycles. The van der Waals surface area contributed by atoms with Gasteiger partial charge in [0.15, 0.2) is 16.6 Å². The molecule has 1 amide bonds. The molecule has 4 rings (SSSR count). The van der Waals surface area contributed by atoms with Crippen molar-refractivity contribution in [3.05, 3.63) is 47.6 Å². The lowest BCUT2D eigenvalue weighted by Gasteiger charge is -2.18. The van der Waals surface area contributed by atoms with Crippen LogP contribution in [0.5, 0.6) is 11.5 Å². The van der Waals surface area contributed by atoms with Crippen LogP contribution in [0.3, 0.4) is 0 Å². The molecular formula is C17H15N3O3S. The van der Waals surface area contributed by atoms with Gasteiger partial charge in [0, 0.05) is 24.2 Å². The van der Waals surface area contributed by atoms with Gasteiger partial charge in [0.25, 0.3) is 5.91 Å². The van der Waals surface area contributed by atoms with Crippen molar-refractivity contribution in [3.8, 4) is 22.8 Å². The number of thiazole rings is 1. The normalized spacial score (nSPS) is 12.9. The minimum absolute atomic E-state index is 0.175. The molecule has 0 atom stereocenters. The number of fused-ring (bicyclic) bond motifs is 1. The fourth-order valence-corrected chi connectivity index (χ4v) is 3.24. The number of carbonyl (C=O) groups is 1. The number of amides is 1. The van der Waals surface area contributed by atoms with E-state index in [-0.39, 0.29) is 5.91 Å². The zero-order chi connectivity index (χ0) is 16.5. The molecule has 1 N–H and O–H groups in total. The summed E-state index contributed by atoms with van der Waals surface area (Å²) in [6.45, 7) is 1.11. The van der Waals surface area contributed by atoms with Gasteiger partial charge in [-0.25, -0.2) is 4.98 Å². The Kier molecular flexibility index (Phi) is 3.70. The first-order valence-electron chi connectivity index (χ1n) is 7.49. The van der Waals surface area contributed by atoms with Crippen LogP contribution in [0.2, 0.25) is 0 Å². The van der Waals surface area contributed by atoms with Crippen LogP contribution in [-0.2, 0) is 7.05 Å². The molecule has 0 fully saturated rings. The van der Waals surface area contributed by atoms with Gasteiger partial charge < -0.3 is 14.0 Å². The van der Waals surface area contributed by atoms with Crippen LogP contribution in [0.25, 0.3) is 11.3 Å². The van der Waals surface area contributed by atoms with E-state index in [0.29, 0.717) is 24.0 Å². The first-order valence-corrected chi connectivity index (χ1v) is 8.37. The van der Waals surface area contributed by atoms with Crippen LogP contribution in [0.4, 0.5) is 5.13 Å². The zero-order valence-electron chi connectivity index (χ0n) is 13.0. The van der Waals surface area contributed by atoms with Gasteiger partial charge in [-0.05, 0) is 30.3 Å². The average molecular weight is 341 g/mol. The van der Waals surface area contributed by atoms with Crippen molar-refractivity contribution >= 4 is 22.4 Å². The quantitative estimate of drug-likeness (QED) is 0.795. The zero-order valence-corrected chi connectivity index (χ0v) is 13.8. The Morgan fingerprint density at radius 1 is 1.25 bits per heavy atom. The Labute approximate surface area is 142 Å². The summed E-state index contributed by atoms with van der Waals surface area (Å²) < 4.78 is 12.9. The third kappa shape index (κ3) is 2.74. The second kappa shape index (κ2) is 6.01. The molecule has 24 heavy (non-hydrogen) atoms. The average Bonchev–Trinajstić information content (AvgIpc) is 3.23. The van der Waals surface area contributed by atoms with Crippen LogP contribution < -0.4 is 14.8 Å². The van der Waals surface area contributed by atoms with Gasteiger partial charge in [-0.15, -0.1) is 11.3 Å². The Balaban J connectivity index is 1.54. The SMILES string of the molecule is Cn1cccc1C(=O)Nc1nc(-c2ccc3c(c2)OCCO3)cs1. The molecule has 3 heterocycles. The molecule has 122 valence electrons. The van der Waals surface area contributed by atoms with E-state index in [4.69, 9.17) is 9.47 Å². The lowest BCUT2D eigenvalue weighted by atomic mass is 10.1. The number of hydrogen-bond acceptors (Lipinski definition) is 5. The number of aromatic nitrogens is 2. The first-order chi connectivity index (χ1) is 11.7.